The van der Waals surface area contributed by atoms with Crippen LogP contribution in [0.5, 0.6) is 0 Å². The number of benzene rings is 1. The molecular formula is C11H12Cl2N6. The van der Waals surface area contributed by atoms with E-state index in [1.807, 2.05) is 0 Å². The molecule has 1 aliphatic heterocycles. The van der Waals surface area contributed by atoms with Gasteiger partial charge in [-0.15, -0.1) is 0 Å². The summed E-state index contributed by atoms with van der Waals surface area (Å²) >= 11 is 11.9. The zero-order chi connectivity index (χ0) is 14.0. The second-order valence-corrected chi connectivity index (χ2v) is 4.58. The minimum absolute atomic E-state index is 0.000941. The van der Waals surface area contributed by atoms with Crippen molar-refractivity contribution in [1.82, 2.24) is 5.01 Å². The number of anilines is 1. The topological polar surface area (TPSA) is 104 Å². The zero-order valence-corrected chi connectivity index (χ0v) is 11.3. The number of hydrazine groups is 1. The standard InChI is InChI=1S/C11H12Cl2N6/c12-6-2-1-3-7(8(6)13)18-11(15)9-10(14)17-4-5-19(9)16/h1-4H,5,14,16H2,(H2,15,18). The Balaban J connectivity index is 2.27. The lowest BCUT2D eigenvalue weighted by Gasteiger charge is -2.25. The van der Waals surface area contributed by atoms with Gasteiger partial charge >= 0.3 is 0 Å². The van der Waals surface area contributed by atoms with Crippen LogP contribution in [0.2, 0.25) is 10.0 Å². The van der Waals surface area contributed by atoms with E-state index in [2.05, 4.69) is 10.3 Å². The van der Waals surface area contributed by atoms with Gasteiger partial charge in [-0.1, -0.05) is 29.3 Å². The lowest BCUT2D eigenvalue weighted by atomic mass is 10.2. The van der Waals surface area contributed by atoms with Crippen molar-refractivity contribution < 1.29 is 0 Å². The lowest BCUT2D eigenvalue weighted by Crippen LogP contribution is -2.41. The van der Waals surface area contributed by atoms with Crippen LogP contribution in [0, 0.1) is 5.41 Å². The highest BCUT2D eigenvalue weighted by molar-refractivity contribution is 6.44. The molecule has 0 aliphatic carbocycles. The van der Waals surface area contributed by atoms with Gasteiger partial charge in [0.05, 0.1) is 22.3 Å². The maximum Gasteiger partial charge on any atom is 0.151 e. The van der Waals surface area contributed by atoms with Crippen molar-refractivity contribution in [3.63, 3.8) is 0 Å². The van der Waals surface area contributed by atoms with Gasteiger partial charge in [-0.2, -0.15) is 0 Å². The number of hydrogen-bond donors (Lipinski definition) is 4. The fraction of sp³-hybridized carbons (Fsp3) is 0.0909. The number of amidine groups is 1. The van der Waals surface area contributed by atoms with Gasteiger partial charge in [-0.3, -0.25) is 10.4 Å². The predicted molar refractivity (Wildman–Crippen MR) is 78.4 cm³/mol. The van der Waals surface area contributed by atoms with Crippen LogP contribution in [-0.4, -0.2) is 23.6 Å². The molecule has 1 aliphatic rings. The Bertz CT molecular complexity index is 581. The number of aliphatic imine (C=N–C) groups is 1. The van der Waals surface area contributed by atoms with Crippen LogP contribution in [0.15, 0.2) is 34.7 Å². The van der Waals surface area contributed by atoms with Crippen molar-refractivity contribution in [2.45, 2.75) is 0 Å². The van der Waals surface area contributed by atoms with E-state index in [-0.39, 0.29) is 11.7 Å². The summed E-state index contributed by atoms with van der Waals surface area (Å²) in [6.45, 7) is 0.378. The van der Waals surface area contributed by atoms with Gasteiger partial charge in [0.25, 0.3) is 0 Å². The number of rotatable bonds is 2. The van der Waals surface area contributed by atoms with E-state index in [4.69, 9.17) is 40.2 Å². The van der Waals surface area contributed by atoms with E-state index in [0.29, 0.717) is 28.0 Å². The maximum atomic E-state index is 8.00. The molecule has 1 aromatic carbocycles. The maximum absolute atomic E-state index is 8.00. The molecule has 2 rings (SSSR count). The third-order valence-electron chi connectivity index (χ3n) is 2.49. The fourth-order valence-electron chi connectivity index (χ4n) is 1.59. The van der Waals surface area contributed by atoms with Crippen molar-refractivity contribution in [2.75, 3.05) is 11.9 Å². The van der Waals surface area contributed by atoms with Gasteiger partial charge < -0.3 is 11.1 Å². The van der Waals surface area contributed by atoms with E-state index in [1.54, 1.807) is 24.4 Å². The molecule has 0 aromatic heterocycles. The summed E-state index contributed by atoms with van der Waals surface area (Å²) in [6, 6.07) is 5.08. The molecule has 0 fully saturated rings. The average molecular weight is 299 g/mol. The SMILES string of the molecule is N=C(Nc1cccc(Cl)c1Cl)C1=C(N)N=CCN1N. The van der Waals surface area contributed by atoms with E-state index in [0.717, 1.165) is 0 Å². The Kier molecular flexibility index (Phi) is 3.94. The first-order valence-electron chi connectivity index (χ1n) is 5.35. The number of nitrogens with zero attached hydrogens (tertiary/aromatic N) is 2. The summed E-state index contributed by atoms with van der Waals surface area (Å²) in [5, 5.41) is 12.9. The minimum Gasteiger partial charge on any atom is -0.382 e. The van der Waals surface area contributed by atoms with E-state index in [1.165, 1.54) is 5.01 Å². The van der Waals surface area contributed by atoms with Crippen molar-refractivity contribution >= 4 is 40.9 Å². The fourth-order valence-corrected chi connectivity index (χ4v) is 1.94. The highest BCUT2D eigenvalue weighted by atomic mass is 35.5. The average Bonchev–Trinajstić information content (AvgIpc) is 2.35. The van der Waals surface area contributed by atoms with Crippen molar-refractivity contribution in [3.05, 3.63) is 39.8 Å². The molecular weight excluding hydrogens is 287 g/mol. The molecule has 0 saturated heterocycles. The first-order chi connectivity index (χ1) is 9.00. The number of halogens is 2. The van der Waals surface area contributed by atoms with Gasteiger partial charge in [0.2, 0.25) is 0 Å². The zero-order valence-electron chi connectivity index (χ0n) is 9.82. The van der Waals surface area contributed by atoms with Crippen LogP contribution in [0.3, 0.4) is 0 Å². The van der Waals surface area contributed by atoms with Gasteiger partial charge in [-0.25, -0.2) is 10.8 Å². The molecule has 1 aromatic rings. The second-order valence-electron chi connectivity index (χ2n) is 3.80. The Morgan fingerprint density at radius 3 is 2.84 bits per heavy atom. The monoisotopic (exact) mass is 298 g/mol. The molecule has 19 heavy (non-hydrogen) atoms. The third-order valence-corrected chi connectivity index (χ3v) is 3.31. The molecule has 0 saturated carbocycles. The van der Waals surface area contributed by atoms with Crippen LogP contribution in [0.25, 0.3) is 0 Å². The second kappa shape index (κ2) is 5.48. The third kappa shape index (κ3) is 2.81. The molecule has 6 N–H and O–H groups in total. The molecule has 0 unspecified atom stereocenters. The largest absolute Gasteiger partial charge is 0.382 e. The minimum atomic E-state index is 0.000941. The first-order valence-corrected chi connectivity index (χ1v) is 6.10. The molecule has 1 heterocycles. The molecule has 0 spiro atoms. The first kappa shape index (κ1) is 13.7. The van der Waals surface area contributed by atoms with Gasteiger partial charge in [0, 0.05) is 6.21 Å². The van der Waals surface area contributed by atoms with Gasteiger partial charge in [-0.05, 0) is 12.1 Å². The van der Waals surface area contributed by atoms with Crippen LogP contribution < -0.4 is 16.9 Å². The van der Waals surface area contributed by atoms with E-state index >= 15 is 0 Å². The van der Waals surface area contributed by atoms with Gasteiger partial charge in [0.1, 0.15) is 5.70 Å². The van der Waals surface area contributed by atoms with Gasteiger partial charge in [0.15, 0.2) is 11.7 Å². The summed E-state index contributed by atoms with van der Waals surface area (Å²) in [4.78, 5) is 3.94. The summed E-state index contributed by atoms with van der Waals surface area (Å²) in [5.74, 6) is 5.93. The molecule has 0 bridgehead atoms. The molecule has 0 atom stereocenters. The Morgan fingerprint density at radius 1 is 1.42 bits per heavy atom. The van der Waals surface area contributed by atoms with Crippen LogP contribution in [-0.2, 0) is 0 Å². The molecule has 6 nitrogen and oxygen atoms in total. The summed E-state index contributed by atoms with van der Waals surface area (Å²) in [7, 11) is 0. The van der Waals surface area contributed by atoms with Crippen LogP contribution >= 0.6 is 23.2 Å². The van der Waals surface area contributed by atoms with Crippen LogP contribution in [0.1, 0.15) is 0 Å². The van der Waals surface area contributed by atoms with E-state index < -0.39 is 0 Å². The summed E-state index contributed by atoms with van der Waals surface area (Å²) < 4.78 is 0. The van der Waals surface area contributed by atoms with Crippen molar-refractivity contribution in [3.8, 4) is 0 Å². The van der Waals surface area contributed by atoms with E-state index in [9.17, 15) is 0 Å². The summed E-state index contributed by atoms with van der Waals surface area (Å²) in [5.41, 5.74) is 6.52. The molecule has 8 heteroatoms. The number of nitrogens with two attached hydrogens (primary N) is 2. The van der Waals surface area contributed by atoms with Crippen molar-refractivity contribution in [1.29, 1.82) is 5.41 Å². The highest BCUT2D eigenvalue weighted by Gasteiger charge is 2.19. The highest BCUT2D eigenvalue weighted by Crippen LogP contribution is 2.30. The summed E-state index contributed by atoms with van der Waals surface area (Å²) in [6.07, 6.45) is 1.57. The van der Waals surface area contributed by atoms with Crippen molar-refractivity contribution in [2.24, 2.45) is 16.6 Å². The molecule has 100 valence electrons. The Hall–Kier alpha value is -1.76. The lowest BCUT2D eigenvalue weighted by molar-refractivity contribution is 0.422. The normalized spacial score (nSPS) is 14.8. The Labute approximate surface area is 120 Å². The smallest absolute Gasteiger partial charge is 0.151 e. The quantitative estimate of drug-likeness (QED) is 0.379. The predicted octanol–water partition coefficient (Wildman–Crippen LogP) is 1.77. The molecule has 0 amide bonds. The number of hydrogen-bond acceptors (Lipinski definition) is 5. The molecule has 0 radical (unpaired) electrons. The Morgan fingerprint density at radius 2 is 2.16 bits per heavy atom. The van der Waals surface area contributed by atoms with Crippen LogP contribution in [0.4, 0.5) is 5.69 Å². The number of nitrogens with one attached hydrogen (secondary N) is 2.